The van der Waals surface area contributed by atoms with Crippen molar-refractivity contribution in [2.75, 3.05) is 13.7 Å². The van der Waals surface area contributed by atoms with Crippen LogP contribution in [0, 0.1) is 0 Å². The van der Waals surface area contributed by atoms with Gasteiger partial charge in [0, 0.05) is 5.56 Å². The Hall–Kier alpha value is -2.04. The highest BCUT2D eigenvalue weighted by molar-refractivity contribution is 6.32. The molecule has 1 atom stereocenters. The van der Waals surface area contributed by atoms with Crippen molar-refractivity contribution in [3.63, 3.8) is 0 Å². The summed E-state index contributed by atoms with van der Waals surface area (Å²) in [6.45, 7) is -0.180. The predicted molar refractivity (Wildman–Crippen MR) is 81.7 cm³/mol. The molecule has 5 heteroatoms. The van der Waals surface area contributed by atoms with Crippen molar-refractivity contribution in [2.45, 2.75) is 6.04 Å². The molecule has 0 saturated heterocycles. The number of halogens is 1. The van der Waals surface area contributed by atoms with E-state index >= 15 is 0 Å². The molecule has 0 heterocycles. The van der Waals surface area contributed by atoms with Crippen molar-refractivity contribution in [1.29, 1.82) is 0 Å². The van der Waals surface area contributed by atoms with Crippen molar-refractivity contribution in [3.8, 4) is 5.75 Å². The Morgan fingerprint density at radius 1 is 1.29 bits per heavy atom. The highest BCUT2D eigenvalue weighted by Gasteiger charge is 2.15. The fourth-order valence-electron chi connectivity index (χ4n) is 1.96. The number of benzene rings is 2. The third kappa shape index (κ3) is 3.74. The van der Waals surface area contributed by atoms with E-state index in [1.807, 2.05) is 30.3 Å². The Bertz CT molecular complexity index is 616. The number of methoxy groups -OCH3 is 1. The normalized spacial score (nSPS) is 11.8. The van der Waals surface area contributed by atoms with Gasteiger partial charge in [0.05, 0.1) is 24.8 Å². The summed E-state index contributed by atoms with van der Waals surface area (Å²) in [6, 6.07) is 13.6. The molecule has 0 bridgehead atoms. The molecule has 0 unspecified atom stereocenters. The van der Waals surface area contributed by atoms with Crippen LogP contribution in [-0.4, -0.2) is 24.7 Å². The lowest BCUT2D eigenvalue weighted by Gasteiger charge is -2.17. The SMILES string of the molecule is COc1cc(C(=O)N[C@@H](CO)c2ccccc2)ccc1Cl. The standard InChI is InChI=1S/C16H16ClNO3/c1-21-15-9-12(7-8-13(15)17)16(20)18-14(10-19)11-5-3-2-4-6-11/h2-9,14,19H,10H2,1H3,(H,18,20)/t14-/m0/s1. The molecule has 0 spiro atoms. The maximum absolute atomic E-state index is 12.2. The van der Waals surface area contributed by atoms with Crippen molar-refractivity contribution >= 4 is 17.5 Å². The summed E-state index contributed by atoms with van der Waals surface area (Å²) in [4.78, 5) is 12.2. The highest BCUT2D eigenvalue weighted by Crippen LogP contribution is 2.25. The second-order valence-corrected chi connectivity index (χ2v) is 4.88. The molecule has 1 amide bonds. The average molecular weight is 306 g/mol. The molecule has 2 N–H and O–H groups in total. The van der Waals surface area contributed by atoms with Gasteiger partial charge in [-0.1, -0.05) is 41.9 Å². The number of hydrogen-bond acceptors (Lipinski definition) is 3. The maximum Gasteiger partial charge on any atom is 0.251 e. The molecule has 0 fully saturated rings. The van der Waals surface area contributed by atoms with Crippen molar-refractivity contribution in [1.82, 2.24) is 5.32 Å². The summed E-state index contributed by atoms with van der Waals surface area (Å²) in [5, 5.41) is 12.7. The van der Waals surface area contributed by atoms with E-state index in [0.717, 1.165) is 5.56 Å². The average Bonchev–Trinajstić information content (AvgIpc) is 2.53. The Labute approximate surface area is 128 Å². The largest absolute Gasteiger partial charge is 0.495 e. The first-order valence-corrected chi connectivity index (χ1v) is 6.83. The molecule has 110 valence electrons. The number of carbonyl (C=O) groups excluding carboxylic acids is 1. The molecule has 0 aliphatic carbocycles. The van der Waals surface area contributed by atoms with E-state index in [-0.39, 0.29) is 12.5 Å². The summed E-state index contributed by atoms with van der Waals surface area (Å²) < 4.78 is 5.09. The smallest absolute Gasteiger partial charge is 0.251 e. The minimum atomic E-state index is -0.458. The molecule has 0 aliphatic rings. The van der Waals surface area contributed by atoms with Gasteiger partial charge in [0.15, 0.2) is 0 Å². The second kappa shape index (κ2) is 7.11. The minimum absolute atomic E-state index is 0.180. The predicted octanol–water partition coefficient (Wildman–Crippen LogP) is 2.81. The van der Waals surface area contributed by atoms with E-state index in [1.165, 1.54) is 7.11 Å². The third-order valence-electron chi connectivity index (χ3n) is 3.10. The summed E-state index contributed by atoms with van der Waals surface area (Å²) in [5.74, 6) is 0.137. The van der Waals surface area contributed by atoms with Crippen LogP contribution in [0.2, 0.25) is 5.02 Å². The lowest BCUT2D eigenvalue weighted by molar-refractivity contribution is 0.0916. The van der Waals surface area contributed by atoms with Gasteiger partial charge in [-0.15, -0.1) is 0 Å². The van der Waals surface area contributed by atoms with Crippen LogP contribution in [0.5, 0.6) is 5.75 Å². The first-order chi connectivity index (χ1) is 10.2. The number of aliphatic hydroxyl groups is 1. The van der Waals surface area contributed by atoms with Gasteiger partial charge in [-0.05, 0) is 23.8 Å². The fourth-order valence-corrected chi connectivity index (χ4v) is 2.16. The molecule has 2 aromatic carbocycles. The molecule has 0 aliphatic heterocycles. The second-order valence-electron chi connectivity index (χ2n) is 4.47. The zero-order valence-corrected chi connectivity index (χ0v) is 12.3. The number of carbonyl (C=O) groups is 1. The van der Waals surface area contributed by atoms with Gasteiger partial charge in [-0.25, -0.2) is 0 Å². The molecular formula is C16H16ClNO3. The zero-order valence-electron chi connectivity index (χ0n) is 11.5. The van der Waals surface area contributed by atoms with Crippen LogP contribution >= 0.6 is 11.6 Å². The molecule has 0 radical (unpaired) electrons. The highest BCUT2D eigenvalue weighted by atomic mass is 35.5. The Morgan fingerprint density at radius 2 is 2.00 bits per heavy atom. The molecule has 0 saturated carbocycles. The first kappa shape index (κ1) is 15.4. The van der Waals surface area contributed by atoms with Crippen LogP contribution in [0.3, 0.4) is 0 Å². The quantitative estimate of drug-likeness (QED) is 0.893. The summed E-state index contributed by atoms with van der Waals surface area (Å²) in [7, 11) is 1.49. The van der Waals surface area contributed by atoms with E-state index in [4.69, 9.17) is 16.3 Å². The van der Waals surface area contributed by atoms with Gasteiger partial charge >= 0.3 is 0 Å². The van der Waals surface area contributed by atoms with Crippen molar-refractivity contribution in [2.24, 2.45) is 0 Å². The van der Waals surface area contributed by atoms with Crippen LogP contribution < -0.4 is 10.1 Å². The lowest BCUT2D eigenvalue weighted by atomic mass is 10.1. The third-order valence-corrected chi connectivity index (χ3v) is 3.42. The monoisotopic (exact) mass is 305 g/mol. The number of aliphatic hydroxyl groups excluding tert-OH is 1. The molecule has 4 nitrogen and oxygen atoms in total. The fraction of sp³-hybridized carbons (Fsp3) is 0.188. The van der Waals surface area contributed by atoms with Crippen LogP contribution in [0.1, 0.15) is 22.0 Å². The molecule has 2 aromatic rings. The Balaban J connectivity index is 2.16. The van der Waals surface area contributed by atoms with Gasteiger partial charge in [0.1, 0.15) is 5.75 Å². The zero-order chi connectivity index (χ0) is 15.2. The number of nitrogens with one attached hydrogen (secondary N) is 1. The lowest BCUT2D eigenvalue weighted by Crippen LogP contribution is -2.30. The molecule has 0 aromatic heterocycles. The topological polar surface area (TPSA) is 58.6 Å². The van der Waals surface area contributed by atoms with Gasteiger partial charge in [0.2, 0.25) is 0 Å². The van der Waals surface area contributed by atoms with Crippen molar-refractivity contribution in [3.05, 3.63) is 64.7 Å². The van der Waals surface area contributed by atoms with E-state index in [0.29, 0.717) is 16.3 Å². The van der Waals surface area contributed by atoms with Crippen LogP contribution in [-0.2, 0) is 0 Å². The van der Waals surface area contributed by atoms with Crippen molar-refractivity contribution < 1.29 is 14.6 Å². The molecular weight excluding hydrogens is 290 g/mol. The van der Waals surface area contributed by atoms with Crippen LogP contribution in [0.15, 0.2) is 48.5 Å². The van der Waals surface area contributed by atoms with E-state index in [9.17, 15) is 9.90 Å². The van der Waals surface area contributed by atoms with E-state index in [1.54, 1.807) is 18.2 Å². The number of ether oxygens (including phenoxy) is 1. The Morgan fingerprint density at radius 3 is 2.62 bits per heavy atom. The van der Waals surface area contributed by atoms with Crippen LogP contribution in [0.4, 0.5) is 0 Å². The molecule has 2 rings (SSSR count). The van der Waals surface area contributed by atoms with E-state index in [2.05, 4.69) is 5.32 Å². The van der Waals surface area contributed by atoms with Crippen LogP contribution in [0.25, 0.3) is 0 Å². The van der Waals surface area contributed by atoms with Gasteiger partial charge in [-0.2, -0.15) is 0 Å². The first-order valence-electron chi connectivity index (χ1n) is 6.46. The summed E-state index contributed by atoms with van der Waals surface area (Å²) >= 11 is 5.93. The number of amides is 1. The summed E-state index contributed by atoms with van der Waals surface area (Å²) in [6.07, 6.45) is 0. The number of hydrogen-bond donors (Lipinski definition) is 2. The van der Waals surface area contributed by atoms with Gasteiger partial charge in [-0.3, -0.25) is 4.79 Å². The molecule has 21 heavy (non-hydrogen) atoms. The minimum Gasteiger partial charge on any atom is -0.495 e. The maximum atomic E-state index is 12.2. The Kier molecular flexibility index (Phi) is 5.20. The number of rotatable bonds is 5. The van der Waals surface area contributed by atoms with E-state index < -0.39 is 6.04 Å². The van der Waals surface area contributed by atoms with Gasteiger partial charge in [0.25, 0.3) is 5.91 Å². The summed E-state index contributed by atoms with van der Waals surface area (Å²) in [5.41, 5.74) is 1.26. The van der Waals surface area contributed by atoms with Gasteiger partial charge < -0.3 is 15.2 Å².